The maximum Gasteiger partial charge on any atom is 0.237 e. The molecule has 3 nitrogen and oxygen atoms in total. The topological polar surface area (TPSA) is 41.1 Å². The standard InChI is InChI=1S/C15H20N2O.ClH/c18-15(14-6-3-9-16-14)17-13-8-7-11-4-1-2-5-12(11)10-13;/h1-2,4-5,13-14,16H,3,6-10H2,(H,17,18);1H. The average Bonchev–Trinajstić information content (AvgIpc) is 2.92. The lowest BCUT2D eigenvalue weighted by molar-refractivity contribution is -0.123. The van der Waals surface area contributed by atoms with Crippen LogP contribution in [0, 0.1) is 0 Å². The van der Waals surface area contributed by atoms with Gasteiger partial charge in [0, 0.05) is 6.04 Å². The number of benzene rings is 1. The maximum absolute atomic E-state index is 12.1. The summed E-state index contributed by atoms with van der Waals surface area (Å²) in [5.41, 5.74) is 2.84. The number of aryl methyl sites for hydroxylation is 1. The molecule has 1 aliphatic carbocycles. The Hall–Kier alpha value is -1.06. The molecular weight excluding hydrogens is 260 g/mol. The molecule has 1 saturated heterocycles. The first-order valence-electron chi connectivity index (χ1n) is 6.93. The van der Waals surface area contributed by atoms with Crippen molar-refractivity contribution in [2.45, 2.75) is 44.2 Å². The number of nitrogens with one attached hydrogen (secondary N) is 2. The fraction of sp³-hybridized carbons (Fsp3) is 0.533. The number of fused-ring (bicyclic) bond motifs is 1. The highest BCUT2D eigenvalue weighted by Crippen LogP contribution is 2.21. The van der Waals surface area contributed by atoms with E-state index in [2.05, 4.69) is 34.9 Å². The van der Waals surface area contributed by atoms with Crippen molar-refractivity contribution < 1.29 is 4.79 Å². The average molecular weight is 281 g/mol. The van der Waals surface area contributed by atoms with Crippen molar-refractivity contribution in [3.63, 3.8) is 0 Å². The quantitative estimate of drug-likeness (QED) is 0.868. The van der Waals surface area contributed by atoms with Crippen LogP contribution >= 0.6 is 12.4 Å². The number of halogens is 1. The minimum Gasteiger partial charge on any atom is -0.352 e. The van der Waals surface area contributed by atoms with Gasteiger partial charge in [0.2, 0.25) is 5.91 Å². The van der Waals surface area contributed by atoms with Crippen LogP contribution in [0.4, 0.5) is 0 Å². The molecule has 0 spiro atoms. The van der Waals surface area contributed by atoms with Gasteiger partial charge in [0.1, 0.15) is 0 Å². The first-order valence-corrected chi connectivity index (χ1v) is 6.93. The van der Waals surface area contributed by atoms with Crippen molar-refractivity contribution in [3.05, 3.63) is 35.4 Å². The van der Waals surface area contributed by atoms with E-state index >= 15 is 0 Å². The van der Waals surface area contributed by atoms with Gasteiger partial charge in [-0.05, 0) is 49.8 Å². The van der Waals surface area contributed by atoms with Crippen LogP contribution in [-0.4, -0.2) is 24.5 Å². The van der Waals surface area contributed by atoms with Crippen molar-refractivity contribution in [1.82, 2.24) is 10.6 Å². The zero-order valence-electron chi connectivity index (χ0n) is 11.0. The van der Waals surface area contributed by atoms with Crippen molar-refractivity contribution in [3.8, 4) is 0 Å². The predicted octanol–water partition coefficient (Wildman–Crippen LogP) is 1.83. The molecular formula is C15H21ClN2O. The summed E-state index contributed by atoms with van der Waals surface area (Å²) in [6.07, 6.45) is 5.23. The van der Waals surface area contributed by atoms with Crippen molar-refractivity contribution in [1.29, 1.82) is 0 Å². The molecule has 2 N–H and O–H groups in total. The summed E-state index contributed by atoms with van der Waals surface area (Å²) in [5, 5.41) is 6.45. The Kier molecular flexibility index (Phi) is 4.83. The SMILES string of the molecule is Cl.O=C(NC1CCc2ccccc2C1)C1CCCN1. The summed E-state index contributed by atoms with van der Waals surface area (Å²) in [6, 6.07) is 8.92. The zero-order valence-corrected chi connectivity index (χ0v) is 11.8. The van der Waals surface area contributed by atoms with Crippen LogP contribution in [0.3, 0.4) is 0 Å². The molecule has 4 heteroatoms. The monoisotopic (exact) mass is 280 g/mol. The van der Waals surface area contributed by atoms with Crippen LogP contribution in [0.5, 0.6) is 0 Å². The van der Waals surface area contributed by atoms with Crippen LogP contribution < -0.4 is 10.6 Å². The van der Waals surface area contributed by atoms with E-state index in [1.165, 1.54) is 11.1 Å². The predicted molar refractivity (Wildman–Crippen MR) is 78.7 cm³/mol. The summed E-state index contributed by atoms with van der Waals surface area (Å²) >= 11 is 0. The van der Waals surface area contributed by atoms with E-state index in [4.69, 9.17) is 0 Å². The van der Waals surface area contributed by atoms with Crippen LogP contribution in [0.25, 0.3) is 0 Å². The molecule has 2 atom stereocenters. The minimum absolute atomic E-state index is 0. The van der Waals surface area contributed by atoms with Crippen LogP contribution in [-0.2, 0) is 17.6 Å². The van der Waals surface area contributed by atoms with E-state index < -0.39 is 0 Å². The normalized spacial score (nSPS) is 25.3. The van der Waals surface area contributed by atoms with Gasteiger partial charge in [0.15, 0.2) is 0 Å². The van der Waals surface area contributed by atoms with Gasteiger partial charge in [-0.25, -0.2) is 0 Å². The molecule has 0 radical (unpaired) electrons. The molecule has 0 saturated carbocycles. The van der Waals surface area contributed by atoms with Gasteiger partial charge in [-0.15, -0.1) is 12.4 Å². The molecule has 2 aliphatic rings. The Morgan fingerprint density at radius 3 is 2.74 bits per heavy atom. The maximum atomic E-state index is 12.1. The molecule has 2 unspecified atom stereocenters. The second kappa shape index (κ2) is 6.40. The van der Waals surface area contributed by atoms with Gasteiger partial charge in [-0.3, -0.25) is 4.79 Å². The lowest BCUT2D eigenvalue weighted by Gasteiger charge is -2.26. The summed E-state index contributed by atoms with van der Waals surface area (Å²) in [7, 11) is 0. The van der Waals surface area contributed by atoms with Crippen LogP contribution in [0.2, 0.25) is 0 Å². The smallest absolute Gasteiger partial charge is 0.237 e. The fourth-order valence-electron chi connectivity index (χ4n) is 3.03. The lowest BCUT2D eigenvalue weighted by Crippen LogP contribution is -2.47. The number of carbonyl (C=O) groups is 1. The molecule has 1 aromatic rings. The Labute approximate surface area is 120 Å². The van der Waals surface area contributed by atoms with E-state index in [-0.39, 0.29) is 24.4 Å². The molecule has 0 bridgehead atoms. The highest BCUT2D eigenvalue weighted by atomic mass is 35.5. The molecule has 19 heavy (non-hydrogen) atoms. The van der Waals surface area contributed by atoms with E-state index in [0.717, 1.165) is 38.6 Å². The summed E-state index contributed by atoms with van der Waals surface area (Å²) in [4.78, 5) is 12.1. The Morgan fingerprint density at radius 1 is 1.21 bits per heavy atom. The Balaban J connectivity index is 0.00000133. The lowest BCUT2D eigenvalue weighted by atomic mass is 9.88. The zero-order chi connectivity index (χ0) is 12.4. The fourth-order valence-corrected chi connectivity index (χ4v) is 3.03. The van der Waals surface area contributed by atoms with Crippen LogP contribution in [0.15, 0.2) is 24.3 Å². The second-order valence-corrected chi connectivity index (χ2v) is 5.37. The number of hydrogen-bond donors (Lipinski definition) is 2. The molecule has 0 aromatic heterocycles. The molecule has 1 heterocycles. The third kappa shape index (κ3) is 3.28. The van der Waals surface area contributed by atoms with E-state index in [1.54, 1.807) is 0 Å². The number of rotatable bonds is 2. The summed E-state index contributed by atoms with van der Waals surface area (Å²) in [6.45, 7) is 0.978. The van der Waals surface area contributed by atoms with E-state index in [0.29, 0.717) is 6.04 Å². The highest BCUT2D eigenvalue weighted by Gasteiger charge is 2.25. The van der Waals surface area contributed by atoms with Crippen molar-refractivity contribution in [2.24, 2.45) is 0 Å². The number of hydrogen-bond acceptors (Lipinski definition) is 2. The van der Waals surface area contributed by atoms with Gasteiger partial charge < -0.3 is 10.6 Å². The van der Waals surface area contributed by atoms with Gasteiger partial charge in [-0.2, -0.15) is 0 Å². The number of amides is 1. The molecule has 3 rings (SSSR count). The summed E-state index contributed by atoms with van der Waals surface area (Å²) in [5.74, 6) is 0.192. The van der Waals surface area contributed by atoms with Gasteiger partial charge in [0.25, 0.3) is 0 Å². The van der Waals surface area contributed by atoms with Crippen molar-refractivity contribution in [2.75, 3.05) is 6.54 Å². The third-order valence-electron chi connectivity index (χ3n) is 4.07. The first kappa shape index (κ1) is 14.4. The second-order valence-electron chi connectivity index (χ2n) is 5.37. The van der Waals surface area contributed by atoms with Gasteiger partial charge in [0.05, 0.1) is 6.04 Å². The molecule has 1 aliphatic heterocycles. The minimum atomic E-state index is 0. The summed E-state index contributed by atoms with van der Waals surface area (Å²) < 4.78 is 0. The molecule has 1 amide bonds. The molecule has 1 fully saturated rings. The molecule has 104 valence electrons. The van der Waals surface area contributed by atoms with Crippen LogP contribution in [0.1, 0.15) is 30.4 Å². The molecule has 1 aromatic carbocycles. The van der Waals surface area contributed by atoms with Crippen molar-refractivity contribution >= 4 is 18.3 Å². The Bertz CT molecular complexity index is 444. The largest absolute Gasteiger partial charge is 0.352 e. The number of carbonyl (C=O) groups excluding carboxylic acids is 1. The highest BCUT2D eigenvalue weighted by molar-refractivity contribution is 5.85. The van der Waals surface area contributed by atoms with Gasteiger partial charge >= 0.3 is 0 Å². The van der Waals surface area contributed by atoms with E-state index in [1.807, 2.05) is 0 Å². The third-order valence-corrected chi connectivity index (χ3v) is 4.07. The first-order chi connectivity index (χ1) is 8.83. The van der Waals surface area contributed by atoms with Gasteiger partial charge in [-0.1, -0.05) is 24.3 Å². The van der Waals surface area contributed by atoms with E-state index in [9.17, 15) is 4.79 Å². The Morgan fingerprint density at radius 2 is 2.00 bits per heavy atom.